The molecule has 9 heteroatoms. The molecule has 0 unspecified atom stereocenters. The number of para-hydroxylation sites is 1. The number of ether oxygens (including phenoxy) is 1. The number of hydrogen-bond donors (Lipinski definition) is 5. The molecule has 0 aliphatic heterocycles. The number of aryl methyl sites for hydroxylation is 1. The van der Waals surface area contributed by atoms with E-state index in [4.69, 9.17) is 27.5 Å². The van der Waals surface area contributed by atoms with Crippen LogP contribution >= 0.6 is 11.6 Å². The summed E-state index contributed by atoms with van der Waals surface area (Å²) in [6, 6.07) is 12.7. The number of benzene rings is 2. The Morgan fingerprint density at radius 2 is 1.61 bits per heavy atom. The van der Waals surface area contributed by atoms with Gasteiger partial charge in [0.2, 0.25) is 0 Å². The lowest BCUT2D eigenvalue weighted by atomic mass is 10.1. The molecule has 0 saturated carbocycles. The summed E-state index contributed by atoms with van der Waals surface area (Å²) in [5, 5.41) is 16.9. The lowest BCUT2D eigenvalue weighted by molar-refractivity contribution is 0.411. The summed E-state index contributed by atoms with van der Waals surface area (Å²) in [6.07, 6.45) is 5.25. The van der Waals surface area contributed by atoms with E-state index < -0.39 is 0 Å². The van der Waals surface area contributed by atoms with Gasteiger partial charge in [-0.2, -0.15) is 0 Å². The van der Waals surface area contributed by atoms with Crippen molar-refractivity contribution in [1.82, 2.24) is 5.43 Å². The zero-order valence-electron chi connectivity index (χ0n) is 27.3. The number of rotatable bonds is 5. The van der Waals surface area contributed by atoms with Crippen molar-refractivity contribution >= 4 is 35.9 Å². The third kappa shape index (κ3) is 36.4. The highest BCUT2D eigenvalue weighted by Gasteiger charge is 2.03. The minimum absolute atomic E-state index is 0.0274. The van der Waals surface area contributed by atoms with Crippen molar-refractivity contribution in [3.8, 4) is 11.5 Å². The first-order valence-electron chi connectivity index (χ1n) is 13.4. The number of amidine groups is 1. The highest BCUT2D eigenvalue weighted by Crippen LogP contribution is 2.26. The molecular formula is C32H57ClN6O2. The third-order valence-electron chi connectivity index (χ3n) is 3.27. The van der Waals surface area contributed by atoms with Gasteiger partial charge in [-0.05, 0) is 55.8 Å². The number of phenolic OH excluding ortho intramolecular Hbond substituents is 1. The van der Waals surface area contributed by atoms with E-state index in [1.807, 2.05) is 45.0 Å². The fraction of sp³-hybridized carbons (Fsp3) is 0.406. The summed E-state index contributed by atoms with van der Waals surface area (Å²) in [4.78, 5) is 7.14. The Hall–Kier alpha value is -3.62. The highest BCUT2D eigenvalue weighted by atomic mass is 35.5. The molecule has 41 heavy (non-hydrogen) atoms. The Morgan fingerprint density at radius 1 is 1.17 bits per heavy atom. The van der Waals surface area contributed by atoms with Crippen molar-refractivity contribution in [3.63, 3.8) is 0 Å². The second-order valence-electron chi connectivity index (χ2n) is 8.26. The molecule has 0 amide bonds. The zero-order chi connectivity index (χ0) is 33.2. The molecule has 7 N–H and O–H groups in total. The lowest BCUT2D eigenvalue weighted by Gasteiger charge is -2.02. The fourth-order valence-corrected chi connectivity index (χ4v) is 1.96. The van der Waals surface area contributed by atoms with Gasteiger partial charge in [0.15, 0.2) is 0 Å². The molecule has 0 aromatic heterocycles. The van der Waals surface area contributed by atoms with Gasteiger partial charge in [-0.3, -0.25) is 5.84 Å². The van der Waals surface area contributed by atoms with Crippen molar-refractivity contribution in [1.29, 1.82) is 5.41 Å². The Kier molecular flexibility index (Phi) is 41.9. The molecule has 0 spiro atoms. The van der Waals surface area contributed by atoms with Crippen LogP contribution in [0.25, 0.3) is 5.57 Å². The van der Waals surface area contributed by atoms with Gasteiger partial charge < -0.3 is 31.4 Å². The second kappa shape index (κ2) is 36.4. The average molecular weight is 593 g/mol. The zero-order valence-corrected chi connectivity index (χ0v) is 28.0. The number of nitrogens with one attached hydrogen (secondary N) is 2. The van der Waals surface area contributed by atoms with Gasteiger partial charge in [0.05, 0.1) is 18.0 Å². The highest BCUT2D eigenvalue weighted by molar-refractivity contribution is 6.32. The van der Waals surface area contributed by atoms with Gasteiger partial charge in [0.1, 0.15) is 11.5 Å². The Balaban J connectivity index is -0.000000146. The molecule has 0 aliphatic rings. The largest absolute Gasteiger partial charge is 0.506 e. The molecule has 2 rings (SSSR count). The van der Waals surface area contributed by atoms with Crippen LogP contribution in [0.3, 0.4) is 0 Å². The summed E-state index contributed by atoms with van der Waals surface area (Å²) < 4.78 is 5.04. The van der Waals surface area contributed by atoms with E-state index in [-0.39, 0.29) is 10.8 Å². The average Bonchev–Trinajstić information content (AvgIpc) is 2.93. The van der Waals surface area contributed by atoms with Gasteiger partial charge in [-0.1, -0.05) is 97.3 Å². The van der Waals surface area contributed by atoms with E-state index in [9.17, 15) is 5.11 Å². The second-order valence-corrected chi connectivity index (χ2v) is 8.67. The molecule has 0 atom stereocenters. The number of nitrogens with zero attached hydrogens (tertiary/aromatic N) is 2. The number of aromatic hydroxyl groups is 1. The van der Waals surface area contributed by atoms with Crippen molar-refractivity contribution in [2.45, 2.75) is 68.7 Å². The van der Waals surface area contributed by atoms with Crippen LogP contribution in [0.5, 0.6) is 11.5 Å². The number of hydrazine groups is 1. The molecule has 234 valence electrons. The molecular weight excluding hydrogens is 536 g/mol. The molecule has 0 aliphatic carbocycles. The van der Waals surface area contributed by atoms with Gasteiger partial charge in [0, 0.05) is 31.2 Å². The summed E-state index contributed by atoms with van der Waals surface area (Å²) in [5.74, 6) is 6.82. The van der Waals surface area contributed by atoms with E-state index in [1.54, 1.807) is 33.2 Å². The van der Waals surface area contributed by atoms with Gasteiger partial charge in [-0.15, -0.1) is 0 Å². The predicted molar refractivity (Wildman–Crippen MR) is 186 cm³/mol. The molecule has 0 fully saturated rings. The third-order valence-corrected chi connectivity index (χ3v) is 3.59. The van der Waals surface area contributed by atoms with E-state index in [0.29, 0.717) is 17.0 Å². The van der Waals surface area contributed by atoms with Crippen LogP contribution in [0, 0.1) is 18.3 Å². The molecule has 2 aromatic carbocycles. The van der Waals surface area contributed by atoms with Crippen LogP contribution in [0.1, 0.15) is 72.9 Å². The van der Waals surface area contributed by atoms with E-state index in [2.05, 4.69) is 69.2 Å². The summed E-state index contributed by atoms with van der Waals surface area (Å²) in [5.41, 5.74) is 9.96. The molecule has 0 saturated heterocycles. The van der Waals surface area contributed by atoms with E-state index >= 15 is 0 Å². The van der Waals surface area contributed by atoms with Crippen LogP contribution < -0.4 is 21.7 Å². The number of phenols is 1. The molecule has 8 nitrogen and oxygen atoms in total. The van der Waals surface area contributed by atoms with Crippen LogP contribution in [0.4, 0.5) is 0 Å². The number of allylic oxidation sites excluding steroid dienone is 1. The van der Waals surface area contributed by atoms with Gasteiger partial charge >= 0.3 is 0 Å². The fourth-order valence-electron chi connectivity index (χ4n) is 1.84. The van der Waals surface area contributed by atoms with E-state index in [0.717, 1.165) is 17.9 Å². The number of aliphatic imine (C=N–C) groups is 2. The topological polar surface area (TPSA) is 142 Å². The number of hydrogen-bond acceptors (Lipinski definition) is 7. The Labute approximate surface area is 255 Å². The minimum Gasteiger partial charge on any atom is -0.506 e. The molecule has 2 aromatic rings. The Morgan fingerprint density at radius 3 is 1.90 bits per heavy atom. The normalized spacial score (nSPS) is 9.22. The quantitative estimate of drug-likeness (QED) is 0.102. The smallest absolute Gasteiger partial charge is 0.134 e. The standard InChI is InChI=1S/C11H12ClN3O.C8H10O.C4H10.C3H8.C2H6N2.C2H5N.C2H6/c1-7(14)15-6-9(5-13)8-2-3-10(12)11(16)4-8;1-7-5-3-4-6-8(7)9-2;1-4(2)3;1-3-2;1-2-4-3;1-3-2;1-2/h2-6,13,16H,1H3,(H2,14,15);3-6H,1-2H3;4H,1-3H3;3H2,1-2H3;2,4H,1,3H2;1H2,2H3;1-2H3/b9-6+,13-5?;;;;;;. The van der Waals surface area contributed by atoms with Crippen LogP contribution in [0.2, 0.25) is 5.02 Å². The van der Waals surface area contributed by atoms with Crippen LogP contribution in [-0.2, 0) is 0 Å². The predicted octanol–water partition coefficient (Wildman–Crippen LogP) is 8.43. The van der Waals surface area contributed by atoms with Crippen molar-refractivity contribution < 1.29 is 9.84 Å². The lowest BCUT2D eigenvalue weighted by Crippen LogP contribution is -2.11. The summed E-state index contributed by atoms with van der Waals surface area (Å²) in [6.45, 7) is 24.8. The van der Waals surface area contributed by atoms with Crippen molar-refractivity contribution in [2.24, 2.45) is 27.5 Å². The minimum atomic E-state index is -0.0274. The first-order chi connectivity index (χ1) is 19.4. The van der Waals surface area contributed by atoms with Crippen LogP contribution in [-0.4, -0.2) is 38.0 Å². The van der Waals surface area contributed by atoms with Gasteiger partial charge in [0.25, 0.3) is 0 Å². The maximum absolute atomic E-state index is 9.43. The Bertz CT molecular complexity index is 954. The monoisotopic (exact) mass is 592 g/mol. The SMILES string of the molecule is C=CNN.C=NC.CC.CC(C)C.CC(N)=N/C=C(\C=N)c1ccc(Cl)c(O)c1.CCC.COc1ccccc1C. The summed E-state index contributed by atoms with van der Waals surface area (Å²) >= 11 is 5.68. The molecule has 0 heterocycles. The number of methoxy groups -OCH3 is 1. The number of nitrogens with two attached hydrogens (primary N) is 2. The summed E-state index contributed by atoms with van der Waals surface area (Å²) in [7, 11) is 3.32. The van der Waals surface area contributed by atoms with E-state index in [1.165, 1.54) is 30.5 Å². The van der Waals surface area contributed by atoms with Crippen molar-refractivity contribution in [2.75, 3.05) is 14.2 Å². The molecule has 0 radical (unpaired) electrons. The van der Waals surface area contributed by atoms with Gasteiger partial charge in [-0.25, -0.2) is 4.99 Å². The van der Waals surface area contributed by atoms with Crippen molar-refractivity contribution in [3.05, 3.63) is 77.6 Å². The first kappa shape index (κ1) is 47.2. The first-order valence-corrected chi connectivity index (χ1v) is 13.8. The van der Waals surface area contributed by atoms with Crippen LogP contribution in [0.15, 0.2) is 71.4 Å². The maximum atomic E-state index is 9.43. The number of halogens is 1. The maximum Gasteiger partial charge on any atom is 0.134 e. The molecule has 0 bridgehead atoms.